The number of fused-ring (bicyclic) bond motifs is 1. The molecule has 0 atom stereocenters. The van der Waals surface area contributed by atoms with Crippen LogP contribution < -0.4 is 20.3 Å². The summed E-state index contributed by atoms with van der Waals surface area (Å²) < 4.78 is 5.45. The predicted molar refractivity (Wildman–Crippen MR) is 141 cm³/mol. The van der Waals surface area contributed by atoms with Gasteiger partial charge in [-0.2, -0.15) is 0 Å². The molecule has 35 heavy (non-hydrogen) atoms. The average Bonchev–Trinajstić information content (AvgIpc) is 2.85. The average molecular weight is 491 g/mol. The first-order chi connectivity index (χ1) is 16.9. The Labute approximate surface area is 210 Å². The predicted octanol–water partition coefficient (Wildman–Crippen LogP) is 5.21. The fraction of sp³-hybridized carbons (Fsp3) is 0.296. The van der Waals surface area contributed by atoms with Gasteiger partial charge in [-0.05, 0) is 80.8 Å². The van der Waals surface area contributed by atoms with Crippen LogP contribution in [0.2, 0.25) is 0 Å². The summed E-state index contributed by atoms with van der Waals surface area (Å²) in [6.07, 6.45) is 0.732. The highest BCUT2D eigenvalue weighted by Crippen LogP contribution is 2.36. The van der Waals surface area contributed by atoms with Gasteiger partial charge in [-0.25, -0.2) is 9.78 Å². The number of hydrogen-bond acceptors (Lipinski definition) is 5. The lowest BCUT2D eigenvalue weighted by molar-refractivity contribution is 0.0954. The van der Waals surface area contributed by atoms with E-state index in [0.717, 1.165) is 45.5 Å². The van der Waals surface area contributed by atoms with Crippen LogP contribution in [0.15, 0.2) is 59.6 Å². The maximum absolute atomic E-state index is 13.0. The molecule has 8 heteroatoms. The third-order valence-electron chi connectivity index (χ3n) is 5.68. The van der Waals surface area contributed by atoms with E-state index in [1.807, 2.05) is 51.1 Å². The van der Waals surface area contributed by atoms with Gasteiger partial charge in [-0.1, -0.05) is 12.1 Å². The summed E-state index contributed by atoms with van der Waals surface area (Å²) in [5, 5.41) is 6.78. The lowest BCUT2D eigenvalue weighted by atomic mass is 10.1. The van der Waals surface area contributed by atoms with Gasteiger partial charge in [0.1, 0.15) is 10.8 Å². The quantitative estimate of drug-likeness (QED) is 0.475. The van der Waals surface area contributed by atoms with Crippen molar-refractivity contribution in [3.8, 4) is 5.75 Å². The summed E-state index contributed by atoms with van der Waals surface area (Å²) in [5.74, 6) is 1.50. The van der Waals surface area contributed by atoms with E-state index in [-0.39, 0.29) is 11.9 Å². The van der Waals surface area contributed by atoms with Crippen molar-refractivity contribution < 1.29 is 14.3 Å². The van der Waals surface area contributed by atoms with Crippen LogP contribution in [0.5, 0.6) is 5.75 Å². The highest BCUT2D eigenvalue weighted by molar-refractivity contribution is 7.99. The van der Waals surface area contributed by atoms with Crippen LogP contribution in [-0.2, 0) is 6.42 Å². The number of amides is 3. The Kier molecular flexibility index (Phi) is 7.92. The number of carbonyl (C=O) groups excluding carboxylic acids is 2. The van der Waals surface area contributed by atoms with Crippen molar-refractivity contribution in [3.63, 3.8) is 0 Å². The molecule has 0 saturated carbocycles. The van der Waals surface area contributed by atoms with E-state index in [2.05, 4.69) is 15.6 Å². The third-order valence-corrected chi connectivity index (χ3v) is 6.62. The van der Waals surface area contributed by atoms with E-state index in [9.17, 15) is 9.59 Å². The van der Waals surface area contributed by atoms with Gasteiger partial charge in [-0.15, -0.1) is 11.8 Å². The zero-order chi connectivity index (χ0) is 24.8. The summed E-state index contributed by atoms with van der Waals surface area (Å²) in [6, 6.07) is 16.6. The zero-order valence-corrected chi connectivity index (χ0v) is 21.1. The molecule has 0 spiro atoms. The number of rotatable bonds is 7. The number of urea groups is 1. The maximum atomic E-state index is 13.0. The molecule has 4 rings (SSSR count). The number of anilines is 2. The summed E-state index contributed by atoms with van der Waals surface area (Å²) in [5.41, 5.74) is 5.16. The Morgan fingerprint density at radius 1 is 1.09 bits per heavy atom. The van der Waals surface area contributed by atoms with Crippen LogP contribution in [0, 0.1) is 13.8 Å². The van der Waals surface area contributed by atoms with Gasteiger partial charge in [0, 0.05) is 35.8 Å². The molecular formula is C27H30N4O3S. The molecule has 2 heterocycles. The Bertz CT molecular complexity index is 1200. The van der Waals surface area contributed by atoms with E-state index in [1.54, 1.807) is 40.9 Å². The molecule has 0 aliphatic carbocycles. The first-order valence-corrected chi connectivity index (χ1v) is 12.7. The number of aryl methyl sites for hydroxylation is 2. The second-order valence-electron chi connectivity index (χ2n) is 8.32. The van der Waals surface area contributed by atoms with Crippen molar-refractivity contribution in [2.45, 2.75) is 32.2 Å². The van der Waals surface area contributed by atoms with Gasteiger partial charge >= 0.3 is 6.03 Å². The lowest BCUT2D eigenvalue weighted by Gasteiger charge is -2.30. The SMILES string of the molecule is CCOc1ccc(CCNC(=O)c2ccc(NC(=O)N3CCSc4nc(C)cc(C)c43)cc2)cc1. The summed E-state index contributed by atoms with van der Waals surface area (Å²) >= 11 is 1.67. The van der Waals surface area contributed by atoms with E-state index in [0.29, 0.717) is 30.9 Å². The third kappa shape index (κ3) is 6.14. The number of benzene rings is 2. The molecule has 0 unspecified atom stereocenters. The van der Waals surface area contributed by atoms with E-state index >= 15 is 0 Å². The maximum Gasteiger partial charge on any atom is 0.326 e. The first kappa shape index (κ1) is 24.6. The van der Waals surface area contributed by atoms with Crippen molar-refractivity contribution in [3.05, 3.63) is 77.0 Å². The van der Waals surface area contributed by atoms with Crippen molar-refractivity contribution in [1.82, 2.24) is 10.3 Å². The topological polar surface area (TPSA) is 83.6 Å². The zero-order valence-electron chi connectivity index (χ0n) is 20.3. The number of pyridine rings is 1. The fourth-order valence-electron chi connectivity index (χ4n) is 4.01. The van der Waals surface area contributed by atoms with Crippen LogP contribution in [-0.4, -0.2) is 42.4 Å². The molecule has 0 fully saturated rings. The lowest BCUT2D eigenvalue weighted by Crippen LogP contribution is -2.39. The molecule has 1 aliphatic heterocycles. The Morgan fingerprint density at radius 2 is 1.83 bits per heavy atom. The number of nitrogens with one attached hydrogen (secondary N) is 2. The van der Waals surface area contributed by atoms with Crippen LogP contribution in [0.3, 0.4) is 0 Å². The van der Waals surface area contributed by atoms with Crippen molar-refractivity contribution >= 4 is 35.1 Å². The molecule has 3 amide bonds. The molecule has 1 aromatic heterocycles. The summed E-state index contributed by atoms with van der Waals surface area (Å²) in [6.45, 7) is 7.71. The minimum absolute atomic E-state index is 0.145. The normalized spacial score (nSPS) is 12.6. The van der Waals surface area contributed by atoms with Gasteiger partial charge in [0.15, 0.2) is 0 Å². The van der Waals surface area contributed by atoms with E-state index < -0.39 is 0 Å². The molecule has 0 radical (unpaired) electrons. The molecular weight excluding hydrogens is 460 g/mol. The summed E-state index contributed by atoms with van der Waals surface area (Å²) in [4.78, 5) is 31.9. The molecule has 182 valence electrons. The molecule has 2 N–H and O–H groups in total. The Balaban J connectivity index is 1.31. The number of nitrogens with zero attached hydrogens (tertiary/aromatic N) is 2. The highest BCUT2D eigenvalue weighted by Gasteiger charge is 2.26. The number of thioether (sulfide) groups is 1. The minimum atomic E-state index is -0.201. The standard InChI is InChI=1S/C27H30N4O3S/c1-4-34-23-11-5-20(6-12-23)13-14-28-25(32)21-7-9-22(10-8-21)30-27(33)31-15-16-35-26-24(31)18(2)17-19(3)29-26/h5-12,17H,4,13-16H2,1-3H3,(H,28,32)(H,30,33). The second-order valence-corrected chi connectivity index (χ2v) is 9.41. The number of aromatic nitrogens is 1. The molecule has 7 nitrogen and oxygen atoms in total. The molecule has 2 aromatic carbocycles. The largest absolute Gasteiger partial charge is 0.494 e. The van der Waals surface area contributed by atoms with Gasteiger partial charge in [0.05, 0.1) is 12.3 Å². The van der Waals surface area contributed by atoms with Gasteiger partial charge in [0.2, 0.25) is 0 Å². The van der Waals surface area contributed by atoms with Gasteiger partial charge < -0.3 is 15.4 Å². The van der Waals surface area contributed by atoms with E-state index in [4.69, 9.17) is 4.74 Å². The van der Waals surface area contributed by atoms with Crippen molar-refractivity contribution in [2.24, 2.45) is 0 Å². The summed E-state index contributed by atoms with van der Waals surface area (Å²) in [7, 11) is 0. The van der Waals surface area contributed by atoms with Gasteiger partial charge in [0.25, 0.3) is 5.91 Å². The fourth-order valence-corrected chi connectivity index (χ4v) is 5.09. The molecule has 1 aliphatic rings. The van der Waals surface area contributed by atoms with Gasteiger partial charge in [-0.3, -0.25) is 9.69 Å². The van der Waals surface area contributed by atoms with Crippen LogP contribution in [0.1, 0.15) is 34.1 Å². The highest BCUT2D eigenvalue weighted by atomic mass is 32.2. The van der Waals surface area contributed by atoms with Crippen LogP contribution in [0.4, 0.5) is 16.2 Å². The second kappa shape index (κ2) is 11.3. The smallest absolute Gasteiger partial charge is 0.326 e. The molecule has 0 bridgehead atoms. The van der Waals surface area contributed by atoms with E-state index in [1.165, 1.54) is 0 Å². The van der Waals surface area contributed by atoms with Crippen molar-refractivity contribution in [2.75, 3.05) is 35.7 Å². The Morgan fingerprint density at radius 3 is 2.54 bits per heavy atom. The number of carbonyl (C=O) groups is 2. The minimum Gasteiger partial charge on any atom is -0.494 e. The Hall–Kier alpha value is -3.52. The van der Waals surface area contributed by atoms with Crippen LogP contribution >= 0.6 is 11.8 Å². The first-order valence-electron chi connectivity index (χ1n) is 11.7. The number of ether oxygens (including phenoxy) is 1. The number of hydrogen-bond donors (Lipinski definition) is 2. The molecule has 3 aromatic rings. The monoisotopic (exact) mass is 490 g/mol. The van der Waals surface area contributed by atoms with Crippen LogP contribution in [0.25, 0.3) is 0 Å². The molecule has 0 saturated heterocycles. The van der Waals surface area contributed by atoms with Crippen molar-refractivity contribution in [1.29, 1.82) is 0 Å².